The molecule has 3 aromatic carbocycles. The van der Waals surface area contributed by atoms with Gasteiger partial charge in [0.2, 0.25) is 11.8 Å². The van der Waals surface area contributed by atoms with Gasteiger partial charge < -0.3 is 9.73 Å². The van der Waals surface area contributed by atoms with Gasteiger partial charge in [0.1, 0.15) is 5.52 Å². The predicted molar refractivity (Wildman–Crippen MR) is 115 cm³/mol. The molecule has 0 aliphatic carbocycles. The van der Waals surface area contributed by atoms with Crippen molar-refractivity contribution in [2.45, 2.75) is 11.8 Å². The minimum absolute atomic E-state index is 0.0715. The number of nitrogens with zero attached hydrogens (tertiary/aromatic N) is 1. The zero-order chi connectivity index (χ0) is 19.5. The Kier molecular flexibility index (Phi) is 5.37. The van der Waals surface area contributed by atoms with Crippen LogP contribution < -0.4 is 5.32 Å². The van der Waals surface area contributed by atoms with Crippen molar-refractivity contribution in [3.63, 3.8) is 0 Å². The summed E-state index contributed by atoms with van der Waals surface area (Å²) < 4.78 is 5.87. The van der Waals surface area contributed by atoms with Crippen LogP contribution in [0.3, 0.4) is 0 Å². The number of oxazole rings is 1. The summed E-state index contributed by atoms with van der Waals surface area (Å²) in [4.78, 5) is 17.9. The lowest BCUT2D eigenvalue weighted by Crippen LogP contribution is -2.15. The highest BCUT2D eigenvalue weighted by Crippen LogP contribution is 2.30. The molecular formula is C22H17ClN2O2S. The molecule has 4 aromatic rings. The summed E-state index contributed by atoms with van der Waals surface area (Å²) in [6.07, 6.45) is 0. The number of fused-ring (bicyclic) bond motifs is 1. The Morgan fingerprint density at radius 2 is 1.86 bits per heavy atom. The number of rotatable bonds is 5. The molecule has 4 rings (SSSR count). The number of hydrogen-bond donors (Lipinski definition) is 1. The third-order valence-corrected chi connectivity index (χ3v) is 5.58. The van der Waals surface area contributed by atoms with E-state index in [2.05, 4.69) is 10.3 Å². The number of nitrogens with one attached hydrogen (secondary N) is 1. The molecule has 0 saturated carbocycles. The highest BCUT2D eigenvalue weighted by Gasteiger charge is 2.14. The second-order valence-electron chi connectivity index (χ2n) is 6.26. The van der Waals surface area contributed by atoms with Gasteiger partial charge in [0.15, 0.2) is 5.58 Å². The maximum absolute atomic E-state index is 12.4. The number of anilines is 1. The van der Waals surface area contributed by atoms with Gasteiger partial charge in [-0.25, -0.2) is 4.98 Å². The maximum atomic E-state index is 12.4. The second kappa shape index (κ2) is 8.09. The molecule has 1 aromatic heterocycles. The number of benzene rings is 3. The number of carbonyl (C=O) groups is 1. The van der Waals surface area contributed by atoms with Gasteiger partial charge in [0.05, 0.1) is 5.75 Å². The molecule has 1 amide bonds. The van der Waals surface area contributed by atoms with Gasteiger partial charge in [-0.15, -0.1) is 11.8 Å². The molecule has 0 bridgehead atoms. The lowest BCUT2D eigenvalue weighted by Gasteiger charge is -2.11. The summed E-state index contributed by atoms with van der Waals surface area (Å²) in [5.74, 6) is 0.789. The fourth-order valence-electron chi connectivity index (χ4n) is 2.86. The minimum atomic E-state index is -0.0715. The third kappa shape index (κ3) is 4.06. The summed E-state index contributed by atoms with van der Waals surface area (Å²) in [5, 5.41) is 3.66. The molecule has 0 aliphatic rings. The average molecular weight is 409 g/mol. The lowest BCUT2D eigenvalue weighted by molar-refractivity contribution is -0.113. The molecule has 0 spiro atoms. The summed E-state index contributed by atoms with van der Waals surface area (Å²) in [6, 6.07) is 20.8. The van der Waals surface area contributed by atoms with Gasteiger partial charge in [-0.1, -0.05) is 29.8 Å². The van der Waals surface area contributed by atoms with Crippen LogP contribution in [0, 0.1) is 6.92 Å². The molecule has 140 valence electrons. The van der Waals surface area contributed by atoms with E-state index in [9.17, 15) is 4.79 Å². The fourth-order valence-corrected chi connectivity index (χ4v) is 3.68. The van der Waals surface area contributed by atoms with Crippen molar-refractivity contribution < 1.29 is 9.21 Å². The van der Waals surface area contributed by atoms with E-state index in [-0.39, 0.29) is 5.91 Å². The first-order valence-corrected chi connectivity index (χ1v) is 10.1. The molecule has 0 aliphatic heterocycles. The van der Waals surface area contributed by atoms with Gasteiger partial charge in [-0.05, 0) is 61.0 Å². The third-order valence-electron chi connectivity index (χ3n) is 4.32. The Morgan fingerprint density at radius 1 is 1.07 bits per heavy atom. The standard InChI is InChI=1S/C22H17ClN2O2S/c1-14-17(22-25-19-6-2-3-8-20(19)27-22)5-4-7-18(14)24-21(26)13-28-16-11-9-15(23)10-12-16/h2-12H,13H2,1H3,(H,24,26). The largest absolute Gasteiger partial charge is 0.436 e. The first kappa shape index (κ1) is 18.6. The van der Waals surface area contributed by atoms with Gasteiger partial charge in [0.25, 0.3) is 0 Å². The summed E-state index contributed by atoms with van der Waals surface area (Å²) in [6.45, 7) is 1.95. The van der Waals surface area contributed by atoms with Crippen LogP contribution in [0.1, 0.15) is 5.56 Å². The van der Waals surface area contributed by atoms with Gasteiger partial charge in [-0.2, -0.15) is 0 Å². The van der Waals surface area contributed by atoms with Crippen LogP contribution in [0.2, 0.25) is 5.02 Å². The predicted octanol–water partition coefficient (Wildman–Crippen LogP) is 6.19. The molecule has 0 radical (unpaired) electrons. The van der Waals surface area contributed by atoms with Crippen LogP contribution in [0.4, 0.5) is 5.69 Å². The highest BCUT2D eigenvalue weighted by atomic mass is 35.5. The molecule has 0 saturated heterocycles. The topological polar surface area (TPSA) is 55.1 Å². The van der Waals surface area contributed by atoms with E-state index in [1.165, 1.54) is 11.8 Å². The monoisotopic (exact) mass is 408 g/mol. The van der Waals surface area contributed by atoms with Crippen molar-refractivity contribution in [2.24, 2.45) is 0 Å². The quantitative estimate of drug-likeness (QED) is 0.400. The number of aromatic nitrogens is 1. The zero-order valence-corrected chi connectivity index (χ0v) is 16.7. The lowest BCUT2D eigenvalue weighted by atomic mass is 10.1. The first-order chi connectivity index (χ1) is 13.6. The Morgan fingerprint density at radius 3 is 2.64 bits per heavy atom. The van der Waals surface area contributed by atoms with Crippen LogP contribution in [0.15, 0.2) is 76.0 Å². The van der Waals surface area contributed by atoms with Crippen molar-refractivity contribution in [1.29, 1.82) is 0 Å². The number of hydrogen-bond acceptors (Lipinski definition) is 4. The van der Waals surface area contributed by atoms with Gasteiger partial charge >= 0.3 is 0 Å². The number of para-hydroxylation sites is 2. The van der Waals surface area contributed by atoms with Crippen LogP contribution in [-0.4, -0.2) is 16.6 Å². The molecule has 4 nitrogen and oxygen atoms in total. The Labute approximate surface area is 171 Å². The van der Waals surface area contributed by atoms with Crippen LogP contribution in [-0.2, 0) is 4.79 Å². The van der Waals surface area contributed by atoms with Crippen molar-refractivity contribution in [1.82, 2.24) is 4.98 Å². The van der Waals surface area contributed by atoms with E-state index in [0.717, 1.165) is 32.8 Å². The van der Waals surface area contributed by atoms with Crippen LogP contribution in [0.25, 0.3) is 22.6 Å². The molecule has 6 heteroatoms. The number of amides is 1. The Hall–Kier alpha value is -2.76. The van der Waals surface area contributed by atoms with Crippen LogP contribution >= 0.6 is 23.4 Å². The Balaban J connectivity index is 1.50. The summed E-state index contributed by atoms with van der Waals surface area (Å²) in [5.41, 5.74) is 4.08. The molecule has 1 heterocycles. The highest BCUT2D eigenvalue weighted by molar-refractivity contribution is 8.00. The molecule has 0 unspecified atom stereocenters. The SMILES string of the molecule is Cc1c(NC(=O)CSc2ccc(Cl)cc2)cccc1-c1nc2ccccc2o1. The number of halogens is 1. The summed E-state index contributed by atoms with van der Waals surface area (Å²) in [7, 11) is 0. The van der Waals surface area contributed by atoms with Crippen molar-refractivity contribution in [3.8, 4) is 11.5 Å². The van der Waals surface area contributed by atoms with E-state index in [1.54, 1.807) is 0 Å². The second-order valence-corrected chi connectivity index (χ2v) is 7.74. The number of thioether (sulfide) groups is 1. The smallest absolute Gasteiger partial charge is 0.234 e. The Bertz CT molecular complexity index is 1110. The molecule has 0 atom stereocenters. The molecule has 0 fully saturated rings. The zero-order valence-electron chi connectivity index (χ0n) is 15.1. The van der Waals surface area contributed by atoms with E-state index in [0.29, 0.717) is 16.7 Å². The van der Waals surface area contributed by atoms with Crippen molar-refractivity contribution >= 4 is 46.1 Å². The molecular weight excluding hydrogens is 392 g/mol. The normalized spacial score (nSPS) is 10.9. The van der Waals surface area contributed by atoms with Crippen LogP contribution in [0.5, 0.6) is 0 Å². The van der Waals surface area contributed by atoms with E-state index in [4.69, 9.17) is 16.0 Å². The average Bonchev–Trinajstić information content (AvgIpc) is 3.13. The van der Waals surface area contributed by atoms with Gasteiger partial charge in [-0.3, -0.25) is 4.79 Å². The van der Waals surface area contributed by atoms with Crippen molar-refractivity contribution in [2.75, 3.05) is 11.1 Å². The molecule has 1 N–H and O–H groups in total. The summed E-state index contributed by atoms with van der Waals surface area (Å²) >= 11 is 7.35. The van der Waals surface area contributed by atoms with Gasteiger partial charge in [0, 0.05) is 21.2 Å². The van der Waals surface area contributed by atoms with E-state index in [1.807, 2.05) is 73.7 Å². The first-order valence-electron chi connectivity index (χ1n) is 8.74. The molecule has 28 heavy (non-hydrogen) atoms. The fraction of sp³-hybridized carbons (Fsp3) is 0.0909. The number of carbonyl (C=O) groups excluding carboxylic acids is 1. The van der Waals surface area contributed by atoms with Crippen molar-refractivity contribution in [3.05, 3.63) is 77.3 Å². The van der Waals surface area contributed by atoms with E-state index < -0.39 is 0 Å². The maximum Gasteiger partial charge on any atom is 0.234 e. The minimum Gasteiger partial charge on any atom is -0.436 e. The van der Waals surface area contributed by atoms with E-state index >= 15 is 0 Å².